The molecule has 1 heterocycles. The Morgan fingerprint density at radius 2 is 1.68 bits per heavy atom. The molecule has 2 aromatic carbocycles. The molecule has 0 aliphatic carbocycles. The van der Waals surface area contributed by atoms with Crippen LogP contribution in [0.15, 0.2) is 60.7 Å². The van der Waals surface area contributed by atoms with E-state index < -0.39 is 0 Å². The fraction of sp³-hybridized carbons (Fsp3) is 0.316. The maximum Gasteiger partial charge on any atom is 0.230 e. The molecule has 1 aliphatic heterocycles. The molecule has 22 heavy (non-hydrogen) atoms. The molecule has 1 amide bonds. The van der Waals surface area contributed by atoms with Crippen LogP contribution in [0.5, 0.6) is 0 Å². The maximum atomic E-state index is 13.0. The molecule has 1 saturated heterocycles. The zero-order chi connectivity index (χ0) is 15.4. The van der Waals surface area contributed by atoms with E-state index in [0.29, 0.717) is 12.5 Å². The molecule has 1 aliphatic rings. The average molecular weight is 294 g/mol. The number of amides is 1. The lowest BCUT2D eigenvalue weighted by Gasteiger charge is -2.35. The number of nitrogens with one attached hydrogen (secondary N) is 1. The van der Waals surface area contributed by atoms with Crippen LogP contribution in [0.2, 0.25) is 0 Å². The zero-order valence-electron chi connectivity index (χ0n) is 12.9. The lowest BCUT2D eigenvalue weighted by Crippen LogP contribution is -2.50. The van der Waals surface area contributed by atoms with Crippen LogP contribution in [0.3, 0.4) is 0 Å². The van der Waals surface area contributed by atoms with Crippen LogP contribution in [-0.4, -0.2) is 19.0 Å². The Kier molecular flexibility index (Phi) is 4.54. The number of carbonyl (C=O) groups excluding carboxylic acids is 1. The molecule has 3 nitrogen and oxygen atoms in total. The summed E-state index contributed by atoms with van der Waals surface area (Å²) < 4.78 is 0. The molecule has 0 aromatic heterocycles. The molecule has 2 aromatic rings. The van der Waals surface area contributed by atoms with Gasteiger partial charge in [0.15, 0.2) is 0 Å². The highest BCUT2D eigenvalue weighted by Crippen LogP contribution is 2.24. The van der Waals surface area contributed by atoms with Crippen molar-refractivity contribution in [1.82, 2.24) is 5.32 Å². The van der Waals surface area contributed by atoms with Crippen LogP contribution in [0.1, 0.15) is 12.5 Å². The van der Waals surface area contributed by atoms with Crippen molar-refractivity contribution >= 4 is 11.6 Å². The number of rotatable bonds is 5. The Morgan fingerprint density at radius 1 is 1.09 bits per heavy atom. The highest BCUT2D eigenvalue weighted by Gasteiger charge is 2.32. The molecule has 1 atom stereocenters. The van der Waals surface area contributed by atoms with Crippen molar-refractivity contribution in [3.8, 4) is 0 Å². The fourth-order valence-electron chi connectivity index (χ4n) is 2.78. The zero-order valence-corrected chi connectivity index (χ0v) is 12.9. The fourth-order valence-corrected chi connectivity index (χ4v) is 2.78. The molecule has 1 N–H and O–H groups in total. The van der Waals surface area contributed by atoms with Crippen molar-refractivity contribution in [3.05, 3.63) is 66.2 Å². The van der Waals surface area contributed by atoms with Crippen LogP contribution in [0.4, 0.5) is 5.69 Å². The van der Waals surface area contributed by atoms with E-state index in [1.54, 1.807) is 0 Å². The van der Waals surface area contributed by atoms with Gasteiger partial charge >= 0.3 is 0 Å². The first-order chi connectivity index (χ1) is 10.8. The van der Waals surface area contributed by atoms with E-state index in [4.69, 9.17) is 0 Å². The molecule has 1 unspecified atom stereocenters. The highest BCUT2D eigenvalue weighted by molar-refractivity contribution is 5.95. The van der Waals surface area contributed by atoms with Gasteiger partial charge in [-0.15, -0.1) is 0 Å². The Labute approximate surface area is 132 Å². The van der Waals surface area contributed by atoms with Gasteiger partial charge in [0, 0.05) is 11.6 Å². The Balaban J connectivity index is 1.84. The summed E-state index contributed by atoms with van der Waals surface area (Å²) in [6.45, 7) is 4.56. The number of nitrogens with zero attached hydrogens (tertiary/aromatic N) is 1. The first kappa shape index (κ1) is 14.8. The summed E-state index contributed by atoms with van der Waals surface area (Å²) in [6.07, 6.45) is 0. The van der Waals surface area contributed by atoms with Gasteiger partial charge in [0.05, 0.1) is 6.54 Å². The third-order valence-corrected chi connectivity index (χ3v) is 4.43. The highest BCUT2D eigenvalue weighted by atomic mass is 16.2. The van der Waals surface area contributed by atoms with Gasteiger partial charge in [0.25, 0.3) is 0 Å². The molecular formula is C19H22N2O. The predicted molar refractivity (Wildman–Crippen MR) is 89.6 cm³/mol. The molecule has 0 bridgehead atoms. The molecule has 3 rings (SSSR count). The lowest BCUT2D eigenvalue weighted by molar-refractivity contribution is -0.124. The maximum absolute atomic E-state index is 13.0. The lowest BCUT2D eigenvalue weighted by atomic mass is 9.87. The molecule has 114 valence electrons. The second-order valence-electron chi connectivity index (χ2n) is 5.95. The van der Waals surface area contributed by atoms with E-state index in [0.717, 1.165) is 24.3 Å². The minimum atomic E-state index is 0.0465. The van der Waals surface area contributed by atoms with E-state index in [1.165, 1.54) is 0 Å². The largest absolute Gasteiger partial charge is 0.316 e. The first-order valence-corrected chi connectivity index (χ1v) is 7.87. The Morgan fingerprint density at radius 3 is 2.23 bits per heavy atom. The van der Waals surface area contributed by atoms with Gasteiger partial charge in [-0.1, -0.05) is 55.5 Å². The van der Waals surface area contributed by atoms with Gasteiger partial charge in [0.1, 0.15) is 0 Å². The normalized spacial score (nSPS) is 15.9. The summed E-state index contributed by atoms with van der Waals surface area (Å²) >= 11 is 0. The number of anilines is 1. The van der Waals surface area contributed by atoms with Crippen LogP contribution in [0, 0.1) is 11.8 Å². The minimum Gasteiger partial charge on any atom is -0.316 e. The smallest absolute Gasteiger partial charge is 0.230 e. The summed E-state index contributed by atoms with van der Waals surface area (Å²) in [5, 5.41) is 3.25. The van der Waals surface area contributed by atoms with Crippen molar-refractivity contribution in [2.75, 3.05) is 18.0 Å². The quantitative estimate of drug-likeness (QED) is 0.919. The average Bonchev–Trinajstić information content (AvgIpc) is 2.52. The molecule has 0 spiro atoms. The van der Waals surface area contributed by atoms with Crippen molar-refractivity contribution in [3.63, 3.8) is 0 Å². The minimum absolute atomic E-state index is 0.0465. The monoisotopic (exact) mass is 294 g/mol. The number of hydrogen-bond donors (Lipinski definition) is 1. The summed E-state index contributed by atoms with van der Waals surface area (Å²) in [7, 11) is 0. The van der Waals surface area contributed by atoms with Gasteiger partial charge in [-0.3, -0.25) is 4.79 Å². The van der Waals surface area contributed by atoms with Gasteiger partial charge < -0.3 is 10.2 Å². The predicted octanol–water partition coefficient (Wildman–Crippen LogP) is 3.08. The summed E-state index contributed by atoms with van der Waals surface area (Å²) in [4.78, 5) is 14.9. The van der Waals surface area contributed by atoms with E-state index in [9.17, 15) is 4.79 Å². The van der Waals surface area contributed by atoms with E-state index >= 15 is 0 Å². The van der Waals surface area contributed by atoms with Crippen LogP contribution in [0.25, 0.3) is 0 Å². The van der Waals surface area contributed by atoms with Crippen LogP contribution >= 0.6 is 0 Å². The SMILES string of the molecule is CC(C(=O)N(Cc1ccccc1)c1ccccc1)C1CNC1. The van der Waals surface area contributed by atoms with E-state index in [1.807, 2.05) is 53.4 Å². The number of hydrogen-bond acceptors (Lipinski definition) is 2. The van der Waals surface area contributed by atoms with Gasteiger partial charge in [0.2, 0.25) is 5.91 Å². The van der Waals surface area contributed by atoms with Gasteiger partial charge in [-0.05, 0) is 36.7 Å². The summed E-state index contributed by atoms with van der Waals surface area (Å²) in [6, 6.07) is 20.1. The van der Waals surface area contributed by atoms with Crippen LogP contribution < -0.4 is 10.2 Å². The molecule has 0 radical (unpaired) electrons. The second-order valence-corrected chi connectivity index (χ2v) is 5.95. The third kappa shape index (κ3) is 3.20. The molecule has 3 heteroatoms. The second kappa shape index (κ2) is 6.75. The molecule has 0 saturated carbocycles. The topological polar surface area (TPSA) is 32.3 Å². The molecule has 1 fully saturated rings. The van der Waals surface area contributed by atoms with E-state index in [-0.39, 0.29) is 11.8 Å². The standard InChI is InChI=1S/C19H22N2O/c1-15(17-12-20-13-17)19(22)21(18-10-6-3-7-11-18)14-16-8-4-2-5-9-16/h2-11,15,17,20H,12-14H2,1H3. The molecular weight excluding hydrogens is 272 g/mol. The Bertz CT molecular complexity index is 608. The number of benzene rings is 2. The van der Waals surface area contributed by atoms with Crippen molar-refractivity contribution in [2.24, 2.45) is 11.8 Å². The number of carbonyl (C=O) groups is 1. The summed E-state index contributed by atoms with van der Waals surface area (Å²) in [5.74, 6) is 0.709. The van der Waals surface area contributed by atoms with Crippen molar-refractivity contribution in [1.29, 1.82) is 0 Å². The van der Waals surface area contributed by atoms with Crippen molar-refractivity contribution in [2.45, 2.75) is 13.5 Å². The van der Waals surface area contributed by atoms with Gasteiger partial charge in [-0.25, -0.2) is 0 Å². The Hall–Kier alpha value is -2.13. The summed E-state index contributed by atoms with van der Waals surface area (Å²) in [5.41, 5.74) is 2.12. The van der Waals surface area contributed by atoms with Gasteiger partial charge in [-0.2, -0.15) is 0 Å². The van der Waals surface area contributed by atoms with E-state index in [2.05, 4.69) is 24.4 Å². The first-order valence-electron chi connectivity index (χ1n) is 7.87. The van der Waals surface area contributed by atoms with Crippen LogP contribution in [-0.2, 0) is 11.3 Å². The third-order valence-electron chi connectivity index (χ3n) is 4.43. The number of para-hydroxylation sites is 1. The van der Waals surface area contributed by atoms with Crippen molar-refractivity contribution < 1.29 is 4.79 Å².